The van der Waals surface area contributed by atoms with Crippen molar-refractivity contribution >= 4 is 56.6 Å². The Morgan fingerprint density at radius 2 is 1.64 bits per heavy atom. The number of carbonyl (C=O) groups excluding carboxylic acids is 2. The summed E-state index contributed by atoms with van der Waals surface area (Å²) in [5.41, 5.74) is -1.71. The molecule has 1 N–H and O–H groups in total. The van der Waals surface area contributed by atoms with Crippen molar-refractivity contribution in [2.45, 2.75) is 22.1 Å². The van der Waals surface area contributed by atoms with E-state index in [1.54, 1.807) is 0 Å². The lowest BCUT2D eigenvalue weighted by atomic mass is 9.68. The molecule has 190 valence electrons. The Hall–Kier alpha value is -2.63. The summed E-state index contributed by atoms with van der Waals surface area (Å²) in [6, 6.07) is 2.72. The number of phenols is 1. The fourth-order valence-corrected chi connectivity index (χ4v) is 5.80. The molecule has 0 bridgehead atoms. The van der Waals surface area contributed by atoms with Gasteiger partial charge in [-0.1, -0.05) is 34.7 Å². The van der Waals surface area contributed by atoms with Crippen LogP contribution in [0.4, 0.5) is 27.6 Å². The van der Waals surface area contributed by atoms with Gasteiger partial charge in [0.25, 0.3) is 11.8 Å². The van der Waals surface area contributed by atoms with Gasteiger partial charge < -0.3 is 9.84 Å². The molecular weight excluding hydrogens is 600 g/mol. The molecule has 0 aromatic heterocycles. The van der Waals surface area contributed by atoms with Crippen LogP contribution in [0.15, 0.2) is 40.9 Å². The summed E-state index contributed by atoms with van der Waals surface area (Å²) >= 11 is 16.6. The van der Waals surface area contributed by atoms with Crippen molar-refractivity contribution in [2.75, 3.05) is 12.0 Å². The lowest BCUT2D eigenvalue weighted by Gasteiger charge is -2.42. The van der Waals surface area contributed by atoms with Crippen molar-refractivity contribution < 1.29 is 41.4 Å². The predicted molar refractivity (Wildman–Crippen MR) is 124 cm³/mol. The van der Waals surface area contributed by atoms with Crippen LogP contribution < -0.4 is 9.64 Å². The molecular formula is C23H13BrCl2F5NO4. The van der Waals surface area contributed by atoms with Crippen molar-refractivity contribution in [1.82, 2.24) is 0 Å². The molecule has 1 aliphatic carbocycles. The van der Waals surface area contributed by atoms with E-state index in [1.807, 2.05) is 0 Å². The molecule has 2 aliphatic rings. The average molecular weight is 613 g/mol. The number of methoxy groups -OCH3 is 1. The minimum atomic E-state index is -2.60. The van der Waals surface area contributed by atoms with Gasteiger partial charge in [-0.2, -0.15) is 0 Å². The number of aromatic hydroxyl groups is 1. The maximum Gasteiger partial charge on any atom is 0.258 e. The molecule has 0 saturated carbocycles. The van der Waals surface area contributed by atoms with Gasteiger partial charge in [0.15, 0.2) is 44.5 Å². The van der Waals surface area contributed by atoms with E-state index >= 15 is 0 Å². The molecule has 2 amide bonds. The molecule has 1 heterocycles. The number of fused-ring (bicyclic) bond motifs is 1. The molecule has 13 heteroatoms. The highest BCUT2D eigenvalue weighted by Gasteiger charge is 2.74. The topological polar surface area (TPSA) is 66.8 Å². The molecule has 0 spiro atoms. The summed E-state index contributed by atoms with van der Waals surface area (Å²) in [7, 11) is 1.24. The molecule has 0 radical (unpaired) electrons. The van der Waals surface area contributed by atoms with E-state index in [2.05, 4.69) is 22.5 Å². The number of anilines is 1. The lowest BCUT2D eigenvalue weighted by molar-refractivity contribution is -0.122. The number of hydrogen-bond acceptors (Lipinski definition) is 4. The van der Waals surface area contributed by atoms with Gasteiger partial charge in [0.1, 0.15) is 5.69 Å². The van der Waals surface area contributed by atoms with Gasteiger partial charge >= 0.3 is 0 Å². The number of nitrogens with zero attached hydrogens (tertiary/aromatic N) is 1. The second kappa shape index (κ2) is 8.74. The summed E-state index contributed by atoms with van der Waals surface area (Å²) < 4.78 is 76.3. The van der Waals surface area contributed by atoms with Crippen molar-refractivity contribution in [3.63, 3.8) is 0 Å². The molecule has 4 rings (SSSR count). The number of hydrogen-bond donors (Lipinski definition) is 1. The van der Waals surface area contributed by atoms with E-state index in [-0.39, 0.29) is 21.8 Å². The fraction of sp³-hybridized carbons (Fsp3) is 0.217. The summed E-state index contributed by atoms with van der Waals surface area (Å²) in [6.07, 6.45) is 2.15. The third-order valence-corrected chi connectivity index (χ3v) is 8.10. The van der Waals surface area contributed by atoms with Crippen LogP contribution in [-0.4, -0.2) is 33.8 Å². The van der Waals surface area contributed by atoms with Gasteiger partial charge in [0.05, 0.1) is 7.11 Å². The third-order valence-electron chi connectivity index (χ3n) is 6.23. The number of alkyl halides is 2. The van der Waals surface area contributed by atoms with E-state index in [0.717, 1.165) is 0 Å². The van der Waals surface area contributed by atoms with Gasteiger partial charge in [-0.05, 0) is 24.1 Å². The number of allylic oxidation sites excluding steroid dienone is 3. The molecule has 1 aliphatic heterocycles. The fourth-order valence-electron chi connectivity index (χ4n) is 4.51. The van der Waals surface area contributed by atoms with Crippen molar-refractivity contribution in [1.29, 1.82) is 0 Å². The van der Waals surface area contributed by atoms with Gasteiger partial charge in [-0.25, -0.2) is 26.9 Å². The molecule has 36 heavy (non-hydrogen) atoms. The zero-order valence-electron chi connectivity index (χ0n) is 17.9. The molecule has 1 saturated heterocycles. The van der Waals surface area contributed by atoms with Crippen LogP contribution >= 0.6 is 39.1 Å². The average Bonchev–Trinajstić information content (AvgIpc) is 3.00. The van der Waals surface area contributed by atoms with Gasteiger partial charge in [-0.3, -0.25) is 9.59 Å². The monoisotopic (exact) mass is 611 g/mol. The first-order chi connectivity index (χ1) is 16.8. The van der Waals surface area contributed by atoms with Crippen LogP contribution in [0.5, 0.6) is 11.5 Å². The van der Waals surface area contributed by atoms with E-state index in [0.29, 0.717) is 4.47 Å². The Labute approximate surface area is 218 Å². The Kier molecular flexibility index (Phi) is 6.42. The smallest absolute Gasteiger partial charge is 0.258 e. The predicted octanol–water partition coefficient (Wildman–Crippen LogP) is 5.99. The van der Waals surface area contributed by atoms with Crippen LogP contribution in [-0.2, 0) is 9.59 Å². The SMILES string of the molecule is C=CC1=CCC2(Cl)C(=O)N(c3c(F)c(F)c(F)c(F)c3F)C(=O)C2(Cl)C1c1cc(Br)cc(OC)c1O. The minimum Gasteiger partial charge on any atom is -0.504 e. The summed E-state index contributed by atoms with van der Waals surface area (Å²) in [5.74, 6) is -17.2. The van der Waals surface area contributed by atoms with Crippen LogP contribution in [0.3, 0.4) is 0 Å². The molecule has 2 aromatic rings. The Balaban J connectivity index is 2.04. The zero-order chi connectivity index (χ0) is 26.9. The summed E-state index contributed by atoms with van der Waals surface area (Å²) in [4.78, 5) is 21.8. The zero-order valence-corrected chi connectivity index (χ0v) is 21.0. The van der Waals surface area contributed by atoms with Crippen molar-refractivity contribution in [3.05, 3.63) is 75.6 Å². The number of halogens is 8. The summed E-state index contributed by atoms with van der Waals surface area (Å²) in [5, 5.41) is 10.8. The molecule has 5 nitrogen and oxygen atoms in total. The van der Waals surface area contributed by atoms with Crippen molar-refractivity contribution in [3.8, 4) is 11.5 Å². The van der Waals surface area contributed by atoms with E-state index < -0.39 is 74.4 Å². The number of rotatable bonds is 4. The third kappa shape index (κ3) is 3.25. The first-order valence-corrected chi connectivity index (χ1v) is 11.5. The largest absolute Gasteiger partial charge is 0.504 e. The highest BCUT2D eigenvalue weighted by atomic mass is 79.9. The van der Waals surface area contributed by atoms with E-state index in [4.69, 9.17) is 27.9 Å². The number of imide groups is 1. The highest BCUT2D eigenvalue weighted by molar-refractivity contribution is 9.10. The van der Waals surface area contributed by atoms with Crippen LogP contribution in [0.2, 0.25) is 0 Å². The Morgan fingerprint density at radius 3 is 2.17 bits per heavy atom. The van der Waals surface area contributed by atoms with E-state index in [1.165, 1.54) is 31.4 Å². The van der Waals surface area contributed by atoms with Gasteiger partial charge in [0.2, 0.25) is 5.82 Å². The normalized spacial score (nSPS) is 25.6. The number of benzene rings is 2. The highest BCUT2D eigenvalue weighted by Crippen LogP contribution is 2.61. The molecule has 1 fully saturated rings. The molecule has 3 unspecified atom stereocenters. The van der Waals surface area contributed by atoms with Gasteiger partial charge in [-0.15, -0.1) is 23.2 Å². The Morgan fingerprint density at radius 1 is 1.08 bits per heavy atom. The van der Waals surface area contributed by atoms with Crippen molar-refractivity contribution in [2.24, 2.45) is 0 Å². The summed E-state index contributed by atoms with van der Waals surface area (Å²) in [6.45, 7) is 3.64. The van der Waals surface area contributed by atoms with Crippen LogP contribution in [0, 0.1) is 29.1 Å². The number of phenolic OH excluding ortho intramolecular Hbond substituents is 1. The second-order valence-electron chi connectivity index (χ2n) is 7.97. The first kappa shape index (κ1) is 26.4. The van der Waals surface area contributed by atoms with Crippen LogP contribution in [0.1, 0.15) is 17.9 Å². The number of amides is 2. The minimum absolute atomic E-state index is 0.0674. The van der Waals surface area contributed by atoms with Crippen LogP contribution in [0.25, 0.3) is 0 Å². The molecule has 3 atom stereocenters. The quantitative estimate of drug-likeness (QED) is 0.152. The standard InChI is InChI=1S/C23H13BrCl2F5NO4/c1-3-8-4-5-22(25)20(34)32(18-16(30)14(28)13(27)15(29)17(18)31)21(35)23(22,26)12(8)10-6-9(24)7-11(36-2)19(10)33/h3-4,6-7,12,33H,1,5H2,2H3. The number of ether oxygens (including phenoxy) is 1. The Bertz CT molecular complexity index is 1370. The maximum absolute atomic E-state index is 14.7. The maximum atomic E-state index is 14.7. The first-order valence-electron chi connectivity index (χ1n) is 9.95. The second-order valence-corrected chi connectivity index (χ2v) is 10.1. The van der Waals surface area contributed by atoms with E-state index in [9.17, 15) is 36.6 Å². The van der Waals surface area contributed by atoms with Gasteiger partial charge in [0, 0.05) is 16.0 Å². The lowest BCUT2D eigenvalue weighted by Crippen LogP contribution is -2.54. The number of carbonyl (C=O) groups is 2. The molecule has 2 aromatic carbocycles.